The van der Waals surface area contributed by atoms with Crippen molar-refractivity contribution >= 4 is 39.1 Å². The van der Waals surface area contributed by atoms with E-state index in [9.17, 15) is 4.79 Å². The van der Waals surface area contributed by atoms with Crippen molar-refractivity contribution < 1.29 is 9.53 Å². The molecule has 3 nitrogen and oxygen atoms in total. The molecule has 0 radical (unpaired) electrons. The fourth-order valence-corrected chi connectivity index (χ4v) is 2.17. The van der Waals surface area contributed by atoms with E-state index >= 15 is 0 Å². The smallest absolute Gasteiger partial charge is 0.262 e. The van der Waals surface area contributed by atoms with Crippen molar-refractivity contribution in [2.24, 2.45) is 0 Å². The number of aryl methyl sites for hydroxylation is 1. The van der Waals surface area contributed by atoms with E-state index in [1.807, 2.05) is 25.1 Å². The molecule has 1 amide bonds. The Morgan fingerprint density at radius 1 is 1.30 bits per heavy atom. The van der Waals surface area contributed by atoms with Gasteiger partial charge < -0.3 is 10.1 Å². The fourth-order valence-electron chi connectivity index (χ4n) is 1.62. The van der Waals surface area contributed by atoms with Crippen LogP contribution in [-0.4, -0.2) is 12.5 Å². The van der Waals surface area contributed by atoms with Crippen LogP contribution in [0.4, 0.5) is 5.69 Å². The van der Waals surface area contributed by atoms with Crippen LogP contribution in [0.15, 0.2) is 46.9 Å². The van der Waals surface area contributed by atoms with Crippen molar-refractivity contribution in [3.63, 3.8) is 0 Å². The molecule has 0 heterocycles. The number of halogens is 2. The van der Waals surface area contributed by atoms with Crippen molar-refractivity contribution in [3.05, 3.63) is 57.5 Å². The van der Waals surface area contributed by atoms with E-state index in [4.69, 9.17) is 16.3 Å². The van der Waals surface area contributed by atoms with Gasteiger partial charge in [-0.3, -0.25) is 4.79 Å². The van der Waals surface area contributed by atoms with Crippen molar-refractivity contribution in [3.8, 4) is 5.75 Å². The minimum Gasteiger partial charge on any atom is -0.482 e. The van der Waals surface area contributed by atoms with Gasteiger partial charge in [-0.25, -0.2) is 0 Å². The molecule has 0 saturated carbocycles. The summed E-state index contributed by atoms with van der Waals surface area (Å²) in [7, 11) is 0. The fraction of sp³-hybridized carbons (Fsp3) is 0.133. The van der Waals surface area contributed by atoms with Gasteiger partial charge in [-0.15, -0.1) is 0 Å². The Hall–Kier alpha value is -1.52. The summed E-state index contributed by atoms with van der Waals surface area (Å²) in [5.41, 5.74) is 1.74. The third-order valence-electron chi connectivity index (χ3n) is 2.67. The average Bonchev–Trinajstić information content (AvgIpc) is 2.42. The van der Waals surface area contributed by atoms with E-state index in [1.165, 1.54) is 0 Å². The second-order valence-electron chi connectivity index (χ2n) is 4.23. The standard InChI is InChI=1S/C15H13BrClNO2/c1-10-6-7-11(16)8-13(10)18-15(19)9-20-14-5-3-2-4-12(14)17/h2-8H,9H2,1H3,(H,18,19). The summed E-state index contributed by atoms with van der Waals surface area (Å²) in [6.45, 7) is 1.84. The van der Waals surface area contributed by atoms with E-state index < -0.39 is 0 Å². The van der Waals surface area contributed by atoms with Crippen molar-refractivity contribution in [2.45, 2.75) is 6.92 Å². The molecule has 2 rings (SSSR count). The topological polar surface area (TPSA) is 38.3 Å². The third kappa shape index (κ3) is 3.99. The van der Waals surface area contributed by atoms with Crippen molar-refractivity contribution in [2.75, 3.05) is 11.9 Å². The largest absolute Gasteiger partial charge is 0.482 e. The summed E-state index contributed by atoms with van der Waals surface area (Å²) in [6.07, 6.45) is 0. The third-order valence-corrected chi connectivity index (χ3v) is 3.47. The summed E-state index contributed by atoms with van der Waals surface area (Å²) >= 11 is 9.32. The number of ether oxygens (including phenoxy) is 1. The highest BCUT2D eigenvalue weighted by Crippen LogP contribution is 2.23. The minimum absolute atomic E-state index is 0.0876. The van der Waals surface area contributed by atoms with Crippen LogP contribution in [0, 0.1) is 6.92 Å². The highest BCUT2D eigenvalue weighted by Gasteiger charge is 2.07. The molecule has 0 unspecified atom stereocenters. The Balaban J connectivity index is 1.96. The maximum atomic E-state index is 11.9. The molecule has 0 aliphatic carbocycles. The number of hydrogen-bond acceptors (Lipinski definition) is 2. The summed E-state index contributed by atoms with van der Waals surface area (Å²) in [4.78, 5) is 11.9. The van der Waals surface area contributed by atoms with Crippen LogP contribution in [0.3, 0.4) is 0 Å². The van der Waals surface area contributed by atoms with Crippen LogP contribution in [0.5, 0.6) is 5.75 Å². The highest BCUT2D eigenvalue weighted by atomic mass is 79.9. The van der Waals surface area contributed by atoms with Gasteiger partial charge in [-0.2, -0.15) is 0 Å². The molecule has 0 aromatic heterocycles. The van der Waals surface area contributed by atoms with Gasteiger partial charge >= 0.3 is 0 Å². The molecule has 0 aliphatic heterocycles. The first-order valence-electron chi connectivity index (χ1n) is 5.99. The summed E-state index contributed by atoms with van der Waals surface area (Å²) < 4.78 is 6.29. The SMILES string of the molecule is Cc1ccc(Br)cc1NC(=O)COc1ccccc1Cl. The van der Waals surface area contributed by atoms with Gasteiger partial charge in [-0.1, -0.05) is 45.7 Å². The van der Waals surface area contributed by atoms with E-state index in [2.05, 4.69) is 21.2 Å². The Labute approximate surface area is 131 Å². The van der Waals surface area contributed by atoms with Gasteiger partial charge in [0.25, 0.3) is 5.91 Å². The van der Waals surface area contributed by atoms with Crippen LogP contribution in [-0.2, 0) is 4.79 Å². The minimum atomic E-state index is -0.230. The van der Waals surface area contributed by atoms with Crippen molar-refractivity contribution in [1.82, 2.24) is 0 Å². The van der Waals surface area contributed by atoms with Crippen LogP contribution in [0.1, 0.15) is 5.56 Å². The lowest BCUT2D eigenvalue weighted by Gasteiger charge is -2.10. The summed E-state index contributed by atoms with van der Waals surface area (Å²) in [5.74, 6) is 0.265. The Morgan fingerprint density at radius 2 is 2.05 bits per heavy atom. The van der Waals surface area contributed by atoms with Gasteiger partial charge in [0.2, 0.25) is 0 Å². The number of para-hydroxylation sites is 1. The number of carbonyl (C=O) groups excluding carboxylic acids is 1. The first kappa shape index (κ1) is 14.9. The first-order chi connectivity index (χ1) is 9.56. The molecule has 0 fully saturated rings. The van der Waals surface area contributed by atoms with Gasteiger partial charge in [0, 0.05) is 10.2 Å². The molecular formula is C15H13BrClNO2. The predicted octanol–water partition coefficient (Wildman–Crippen LogP) is 4.43. The van der Waals surface area contributed by atoms with Crippen LogP contribution < -0.4 is 10.1 Å². The first-order valence-corrected chi connectivity index (χ1v) is 7.16. The number of nitrogens with one attached hydrogen (secondary N) is 1. The van der Waals surface area contributed by atoms with E-state index in [1.54, 1.807) is 24.3 Å². The zero-order valence-electron chi connectivity index (χ0n) is 10.8. The molecule has 0 bridgehead atoms. The molecule has 0 spiro atoms. The molecule has 2 aromatic rings. The van der Waals surface area contributed by atoms with Crippen LogP contribution >= 0.6 is 27.5 Å². The quantitative estimate of drug-likeness (QED) is 0.882. The average molecular weight is 355 g/mol. The lowest BCUT2D eigenvalue weighted by Crippen LogP contribution is -2.20. The lowest BCUT2D eigenvalue weighted by molar-refractivity contribution is -0.118. The molecule has 0 atom stereocenters. The Kier molecular flexibility index (Phi) is 5.04. The van der Waals surface area contributed by atoms with Gasteiger partial charge in [0.1, 0.15) is 5.75 Å². The summed E-state index contributed by atoms with van der Waals surface area (Å²) in [6, 6.07) is 12.7. The summed E-state index contributed by atoms with van der Waals surface area (Å²) in [5, 5.41) is 3.29. The normalized spacial score (nSPS) is 10.2. The molecule has 0 saturated heterocycles. The number of anilines is 1. The van der Waals surface area contributed by atoms with E-state index in [0.29, 0.717) is 10.8 Å². The maximum Gasteiger partial charge on any atom is 0.262 e. The van der Waals surface area contributed by atoms with Crippen molar-refractivity contribution in [1.29, 1.82) is 0 Å². The number of benzene rings is 2. The number of amides is 1. The van der Waals surface area contributed by atoms with Crippen LogP contribution in [0.2, 0.25) is 5.02 Å². The Morgan fingerprint density at radius 3 is 2.80 bits per heavy atom. The van der Waals surface area contributed by atoms with Gasteiger partial charge in [0.15, 0.2) is 6.61 Å². The monoisotopic (exact) mass is 353 g/mol. The maximum absolute atomic E-state index is 11.9. The molecule has 20 heavy (non-hydrogen) atoms. The zero-order chi connectivity index (χ0) is 14.5. The second kappa shape index (κ2) is 6.77. The molecule has 2 aromatic carbocycles. The molecular weight excluding hydrogens is 342 g/mol. The van der Waals surface area contributed by atoms with Gasteiger partial charge in [0.05, 0.1) is 5.02 Å². The molecule has 104 valence electrons. The van der Waals surface area contributed by atoms with E-state index in [0.717, 1.165) is 15.7 Å². The molecule has 1 N–H and O–H groups in total. The predicted molar refractivity (Wildman–Crippen MR) is 84.5 cm³/mol. The van der Waals surface area contributed by atoms with E-state index in [-0.39, 0.29) is 12.5 Å². The number of hydrogen-bond donors (Lipinski definition) is 1. The van der Waals surface area contributed by atoms with Gasteiger partial charge in [-0.05, 0) is 36.8 Å². The zero-order valence-corrected chi connectivity index (χ0v) is 13.2. The van der Waals surface area contributed by atoms with Crippen LogP contribution in [0.25, 0.3) is 0 Å². The Bertz CT molecular complexity index is 631. The molecule has 0 aliphatic rings. The lowest BCUT2D eigenvalue weighted by atomic mass is 10.2. The second-order valence-corrected chi connectivity index (χ2v) is 5.55. The number of rotatable bonds is 4. The highest BCUT2D eigenvalue weighted by molar-refractivity contribution is 9.10. The number of carbonyl (C=O) groups is 1. The molecule has 5 heteroatoms.